The first-order valence-corrected chi connectivity index (χ1v) is 7.93. The Balaban J connectivity index is 2.00. The summed E-state index contributed by atoms with van der Waals surface area (Å²) in [6.45, 7) is 8.72. The van der Waals surface area contributed by atoms with E-state index < -0.39 is 5.54 Å². The molecular formula is C15H30N4O. The van der Waals surface area contributed by atoms with Crippen molar-refractivity contribution in [3.8, 4) is 0 Å². The van der Waals surface area contributed by atoms with Crippen LogP contribution < -0.4 is 11.1 Å². The number of carbonyl (C=O) groups excluding carboxylic acids is 1. The van der Waals surface area contributed by atoms with Gasteiger partial charge in [0.2, 0.25) is 5.91 Å². The summed E-state index contributed by atoms with van der Waals surface area (Å²) >= 11 is 0. The van der Waals surface area contributed by atoms with Crippen molar-refractivity contribution in [1.82, 2.24) is 15.1 Å². The molecule has 3 N–H and O–H groups in total. The number of amides is 1. The highest BCUT2D eigenvalue weighted by molar-refractivity contribution is 5.85. The molecule has 2 rings (SSSR count). The summed E-state index contributed by atoms with van der Waals surface area (Å²) in [7, 11) is 2.19. The lowest BCUT2D eigenvalue weighted by molar-refractivity contribution is -0.124. The second-order valence-corrected chi connectivity index (χ2v) is 6.83. The van der Waals surface area contributed by atoms with Gasteiger partial charge in [0.05, 0.1) is 5.54 Å². The average Bonchev–Trinajstić information content (AvgIpc) is 2.66. The zero-order valence-corrected chi connectivity index (χ0v) is 13.2. The van der Waals surface area contributed by atoms with Gasteiger partial charge in [0.15, 0.2) is 0 Å². The highest BCUT2D eigenvalue weighted by Crippen LogP contribution is 2.34. The molecule has 116 valence electrons. The van der Waals surface area contributed by atoms with Gasteiger partial charge < -0.3 is 16.0 Å². The lowest BCUT2D eigenvalue weighted by atomic mass is 9.95. The molecule has 5 heteroatoms. The zero-order valence-electron chi connectivity index (χ0n) is 13.2. The van der Waals surface area contributed by atoms with E-state index in [9.17, 15) is 4.79 Å². The van der Waals surface area contributed by atoms with Gasteiger partial charge >= 0.3 is 0 Å². The minimum Gasteiger partial charge on any atom is -0.368 e. The fourth-order valence-electron chi connectivity index (χ4n) is 3.74. The Bertz CT molecular complexity index is 347. The first-order valence-electron chi connectivity index (χ1n) is 7.93. The standard InChI is InChI=1S/C15H30N4O/c1-12(2)17-15(14(16)20)6-5-13(11-15)19-8-4-7-18(3)9-10-19/h12-13,17H,4-11H2,1-3H3,(H2,16,20). The molecule has 1 aliphatic carbocycles. The van der Waals surface area contributed by atoms with E-state index in [-0.39, 0.29) is 11.9 Å². The van der Waals surface area contributed by atoms with Gasteiger partial charge in [-0.3, -0.25) is 9.69 Å². The quantitative estimate of drug-likeness (QED) is 0.783. The molecule has 0 bridgehead atoms. The van der Waals surface area contributed by atoms with Crippen molar-refractivity contribution in [3.63, 3.8) is 0 Å². The summed E-state index contributed by atoms with van der Waals surface area (Å²) in [6.07, 6.45) is 4.03. The van der Waals surface area contributed by atoms with Crippen LogP contribution in [-0.2, 0) is 4.79 Å². The van der Waals surface area contributed by atoms with Crippen LogP contribution in [0.25, 0.3) is 0 Å². The number of nitrogens with zero attached hydrogens (tertiary/aromatic N) is 2. The third-order valence-electron chi connectivity index (χ3n) is 4.80. The van der Waals surface area contributed by atoms with Crippen molar-refractivity contribution in [3.05, 3.63) is 0 Å². The van der Waals surface area contributed by atoms with Gasteiger partial charge in [0.1, 0.15) is 0 Å². The molecule has 1 heterocycles. The van der Waals surface area contributed by atoms with Crippen molar-refractivity contribution >= 4 is 5.91 Å². The van der Waals surface area contributed by atoms with E-state index in [2.05, 4.69) is 36.0 Å². The molecule has 1 aliphatic heterocycles. The second kappa shape index (κ2) is 6.41. The summed E-state index contributed by atoms with van der Waals surface area (Å²) in [4.78, 5) is 16.9. The Morgan fingerprint density at radius 2 is 2.05 bits per heavy atom. The van der Waals surface area contributed by atoms with Crippen LogP contribution in [0, 0.1) is 0 Å². The van der Waals surface area contributed by atoms with Gasteiger partial charge in [-0.2, -0.15) is 0 Å². The van der Waals surface area contributed by atoms with Gasteiger partial charge in [-0.05, 0) is 59.7 Å². The van der Waals surface area contributed by atoms with Gasteiger partial charge in [0.25, 0.3) is 0 Å². The van der Waals surface area contributed by atoms with Gasteiger partial charge in [0, 0.05) is 25.2 Å². The van der Waals surface area contributed by atoms with E-state index in [1.165, 1.54) is 13.0 Å². The zero-order chi connectivity index (χ0) is 14.8. The van der Waals surface area contributed by atoms with Crippen LogP contribution in [0.5, 0.6) is 0 Å². The van der Waals surface area contributed by atoms with Crippen molar-refractivity contribution in [1.29, 1.82) is 0 Å². The smallest absolute Gasteiger partial charge is 0.237 e. The Morgan fingerprint density at radius 3 is 2.70 bits per heavy atom. The molecular weight excluding hydrogens is 252 g/mol. The van der Waals surface area contributed by atoms with Crippen molar-refractivity contribution in [2.24, 2.45) is 5.73 Å². The SMILES string of the molecule is CC(C)NC1(C(N)=O)CCC(N2CCCN(C)CC2)C1. The van der Waals surface area contributed by atoms with Gasteiger partial charge in [-0.15, -0.1) is 0 Å². The highest BCUT2D eigenvalue weighted by Gasteiger charge is 2.45. The number of nitrogens with two attached hydrogens (primary N) is 1. The first kappa shape index (κ1) is 15.7. The number of likely N-dealkylation sites (N-methyl/N-ethyl adjacent to an activating group) is 1. The molecule has 2 aliphatic rings. The number of carbonyl (C=O) groups is 1. The van der Waals surface area contributed by atoms with Crippen molar-refractivity contribution < 1.29 is 4.79 Å². The summed E-state index contributed by atoms with van der Waals surface area (Å²) in [6, 6.07) is 0.789. The molecule has 0 radical (unpaired) electrons. The number of rotatable bonds is 4. The van der Waals surface area contributed by atoms with Crippen LogP contribution in [0.4, 0.5) is 0 Å². The molecule has 0 spiro atoms. The molecule has 0 aromatic carbocycles. The van der Waals surface area contributed by atoms with Gasteiger partial charge in [-0.1, -0.05) is 0 Å². The lowest BCUT2D eigenvalue weighted by Crippen LogP contribution is -2.56. The summed E-state index contributed by atoms with van der Waals surface area (Å²) in [5.41, 5.74) is 5.21. The topological polar surface area (TPSA) is 61.6 Å². The van der Waals surface area contributed by atoms with Crippen LogP contribution in [0.3, 0.4) is 0 Å². The van der Waals surface area contributed by atoms with E-state index in [1.54, 1.807) is 0 Å². The number of primary amides is 1. The van der Waals surface area contributed by atoms with E-state index >= 15 is 0 Å². The van der Waals surface area contributed by atoms with E-state index in [1.807, 2.05) is 0 Å². The normalized spacial score (nSPS) is 33.5. The minimum atomic E-state index is -0.489. The third-order valence-corrected chi connectivity index (χ3v) is 4.80. The van der Waals surface area contributed by atoms with Gasteiger partial charge in [-0.25, -0.2) is 0 Å². The fraction of sp³-hybridized carbons (Fsp3) is 0.933. The molecule has 5 nitrogen and oxygen atoms in total. The third kappa shape index (κ3) is 3.51. The predicted octanol–water partition coefficient (Wildman–Crippen LogP) is 0.399. The van der Waals surface area contributed by atoms with Crippen LogP contribution in [0.1, 0.15) is 39.5 Å². The van der Waals surface area contributed by atoms with Crippen LogP contribution in [0.15, 0.2) is 0 Å². The van der Waals surface area contributed by atoms with Crippen molar-refractivity contribution in [2.75, 3.05) is 33.2 Å². The summed E-state index contributed by atoms with van der Waals surface area (Å²) in [5, 5.41) is 3.44. The molecule has 1 saturated carbocycles. The van der Waals surface area contributed by atoms with E-state index in [0.717, 1.165) is 38.9 Å². The maximum Gasteiger partial charge on any atom is 0.237 e. The Kier molecular flexibility index (Phi) is 5.04. The number of hydrogen-bond donors (Lipinski definition) is 2. The molecule has 1 saturated heterocycles. The minimum absolute atomic E-state index is 0.180. The molecule has 20 heavy (non-hydrogen) atoms. The monoisotopic (exact) mass is 282 g/mol. The largest absolute Gasteiger partial charge is 0.368 e. The molecule has 1 amide bonds. The van der Waals surface area contributed by atoms with Crippen LogP contribution in [-0.4, -0.2) is 66.6 Å². The lowest BCUT2D eigenvalue weighted by Gasteiger charge is -2.32. The molecule has 0 aromatic rings. The maximum atomic E-state index is 11.9. The van der Waals surface area contributed by atoms with Crippen molar-refractivity contribution in [2.45, 2.75) is 57.2 Å². The Morgan fingerprint density at radius 1 is 1.30 bits per heavy atom. The molecule has 2 fully saturated rings. The molecule has 0 aromatic heterocycles. The molecule has 2 atom stereocenters. The predicted molar refractivity (Wildman–Crippen MR) is 81.5 cm³/mol. The fourth-order valence-corrected chi connectivity index (χ4v) is 3.74. The number of hydrogen-bond acceptors (Lipinski definition) is 4. The average molecular weight is 282 g/mol. The van der Waals surface area contributed by atoms with Crippen LogP contribution >= 0.6 is 0 Å². The summed E-state index contributed by atoms with van der Waals surface area (Å²) in [5.74, 6) is -0.180. The second-order valence-electron chi connectivity index (χ2n) is 6.83. The van der Waals surface area contributed by atoms with E-state index in [0.29, 0.717) is 6.04 Å². The maximum absolute atomic E-state index is 11.9. The summed E-state index contributed by atoms with van der Waals surface area (Å²) < 4.78 is 0. The number of nitrogens with one attached hydrogen (secondary N) is 1. The Hall–Kier alpha value is -0.650. The Labute approximate surface area is 122 Å². The molecule has 2 unspecified atom stereocenters. The van der Waals surface area contributed by atoms with Crippen LogP contribution in [0.2, 0.25) is 0 Å². The van der Waals surface area contributed by atoms with E-state index in [4.69, 9.17) is 5.73 Å². The highest BCUT2D eigenvalue weighted by atomic mass is 16.1. The first-order chi connectivity index (χ1) is 9.43.